The number of sulfonamides is 1. The van der Waals surface area contributed by atoms with E-state index in [1.807, 2.05) is 4.89 Å². The summed E-state index contributed by atoms with van der Waals surface area (Å²) in [5.74, 6) is -1.65. The molecule has 7 heteroatoms. The molecule has 0 atom stereocenters. The summed E-state index contributed by atoms with van der Waals surface area (Å²) in [5, 5.41) is 8.27. The van der Waals surface area contributed by atoms with Gasteiger partial charge >= 0.3 is 5.97 Å². The van der Waals surface area contributed by atoms with Crippen molar-refractivity contribution in [2.24, 2.45) is 0 Å². The van der Waals surface area contributed by atoms with Gasteiger partial charge in [-0.3, -0.25) is 9.63 Å². The van der Waals surface area contributed by atoms with E-state index in [1.54, 1.807) is 20.8 Å². The van der Waals surface area contributed by atoms with Crippen LogP contribution < -0.4 is 4.89 Å². The number of rotatable bonds is 5. The van der Waals surface area contributed by atoms with Gasteiger partial charge in [-0.05, 0) is 20.8 Å². The summed E-state index contributed by atoms with van der Waals surface area (Å²) in [6, 6.07) is 0. The Morgan fingerprint density at radius 2 is 1.93 bits per heavy atom. The number of hydrogen-bond donors (Lipinski definition) is 2. The van der Waals surface area contributed by atoms with Gasteiger partial charge in [0.1, 0.15) is 0 Å². The molecule has 84 valence electrons. The highest BCUT2D eigenvalue weighted by atomic mass is 32.2. The minimum atomic E-state index is -3.66. The minimum Gasteiger partial charge on any atom is -0.481 e. The van der Waals surface area contributed by atoms with Crippen molar-refractivity contribution in [1.82, 2.24) is 4.89 Å². The van der Waals surface area contributed by atoms with Gasteiger partial charge in [0.05, 0.1) is 17.8 Å². The predicted octanol–water partition coefficient (Wildman–Crippen LogP) is 0.111. The van der Waals surface area contributed by atoms with E-state index >= 15 is 0 Å². The van der Waals surface area contributed by atoms with Crippen LogP contribution in [0.1, 0.15) is 27.2 Å². The summed E-state index contributed by atoms with van der Waals surface area (Å²) < 4.78 is 22.2. The maximum absolute atomic E-state index is 11.1. The molecular weight excluding hydrogens is 210 g/mol. The number of carboxylic acid groups (broad SMARTS) is 1. The van der Waals surface area contributed by atoms with Crippen LogP contribution >= 0.6 is 0 Å². The summed E-state index contributed by atoms with van der Waals surface area (Å²) in [4.78, 5) is 16.8. The molecule has 0 rings (SSSR count). The molecule has 0 amide bonds. The van der Waals surface area contributed by atoms with Gasteiger partial charge in [-0.2, -0.15) is 0 Å². The quantitative estimate of drug-likeness (QED) is 0.648. The zero-order chi connectivity index (χ0) is 11.4. The summed E-state index contributed by atoms with van der Waals surface area (Å²) in [5.41, 5.74) is -0.643. The number of hydrogen-bond acceptors (Lipinski definition) is 4. The molecule has 14 heavy (non-hydrogen) atoms. The molecule has 0 unspecified atom stereocenters. The number of aliphatic carboxylic acids is 1. The lowest BCUT2D eigenvalue weighted by molar-refractivity contribution is -0.136. The molecule has 0 aromatic carbocycles. The van der Waals surface area contributed by atoms with Gasteiger partial charge in [0, 0.05) is 0 Å². The van der Waals surface area contributed by atoms with Gasteiger partial charge in [-0.25, -0.2) is 8.42 Å². The van der Waals surface area contributed by atoms with Crippen LogP contribution in [-0.4, -0.2) is 30.8 Å². The van der Waals surface area contributed by atoms with Crippen LogP contribution in [0.4, 0.5) is 0 Å². The molecule has 0 aliphatic heterocycles. The average Bonchev–Trinajstić information content (AvgIpc) is 1.97. The first-order valence-electron chi connectivity index (χ1n) is 4.02. The second-order valence-corrected chi connectivity index (χ2v) is 5.56. The zero-order valence-electron chi connectivity index (χ0n) is 8.40. The molecule has 0 saturated heterocycles. The Balaban J connectivity index is 4.03. The number of carbonyl (C=O) groups is 1. The van der Waals surface area contributed by atoms with Crippen LogP contribution in [0.2, 0.25) is 0 Å². The van der Waals surface area contributed by atoms with Crippen LogP contribution in [0.5, 0.6) is 0 Å². The highest BCUT2D eigenvalue weighted by Crippen LogP contribution is 2.05. The molecule has 0 heterocycles. The van der Waals surface area contributed by atoms with Gasteiger partial charge in [-0.1, -0.05) is 4.89 Å². The van der Waals surface area contributed by atoms with E-state index in [2.05, 4.69) is 0 Å². The van der Waals surface area contributed by atoms with Gasteiger partial charge in [0.2, 0.25) is 10.0 Å². The Morgan fingerprint density at radius 3 is 2.29 bits per heavy atom. The highest BCUT2D eigenvalue weighted by molar-refractivity contribution is 7.89. The summed E-state index contributed by atoms with van der Waals surface area (Å²) >= 11 is 0. The fourth-order valence-corrected chi connectivity index (χ4v) is 1.36. The smallest absolute Gasteiger partial charge is 0.304 e. The van der Waals surface area contributed by atoms with E-state index in [-0.39, 0.29) is 0 Å². The number of carboxylic acids is 1. The van der Waals surface area contributed by atoms with Gasteiger partial charge in [-0.15, -0.1) is 0 Å². The fraction of sp³-hybridized carbons (Fsp3) is 0.857. The van der Waals surface area contributed by atoms with E-state index in [9.17, 15) is 13.2 Å². The Kier molecular flexibility index (Phi) is 4.50. The van der Waals surface area contributed by atoms with Crippen LogP contribution in [0, 0.1) is 0 Å². The first-order valence-corrected chi connectivity index (χ1v) is 5.67. The van der Waals surface area contributed by atoms with Crippen molar-refractivity contribution in [2.75, 3.05) is 5.75 Å². The van der Waals surface area contributed by atoms with Gasteiger partial charge < -0.3 is 5.11 Å². The summed E-state index contributed by atoms with van der Waals surface area (Å²) in [7, 11) is -3.66. The molecule has 0 saturated carbocycles. The Bertz CT molecular complexity index is 290. The molecule has 0 aliphatic rings. The van der Waals surface area contributed by atoms with E-state index < -0.39 is 33.8 Å². The Hall–Kier alpha value is -0.660. The lowest BCUT2D eigenvalue weighted by Gasteiger charge is -2.18. The van der Waals surface area contributed by atoms with Crippen LogP contribution in [0.3, 0.4) is 0 Å². The van der Waals surface area contributed by atoms with Crippen molar-refractivity contribution < 1.29 is 23.2 Å². The number of nitrogens with one attached hydrogen (secondary N) is 1. The van der Waals surface area contributed by atoms with Crippen molar-refractivity contribution >= 4 is 16.0 Å². The van der Waals surface area contributed by atoms with Crippen molar-refractivity contribution in [2.45, 2.75) is 32.8 Å². The largest absolute Gasteiger partial charge is 0.481 e. The molecule has 0 radical (unpaired) electrons. The third-order valence-electron chi connectivity index (χ3n) is 1.06. The molecule has 0 aromatic heterocycles. The first-order chi connectivity index (χ1) is 6.12. The maximum Gasteiger partial charge on any atom is 0.304 e. The lowest BCUT2D eigenvalue weighted by atomic mass is 10.2. The van der Waals surface area contributed by atoms with E-state index in [4.69, 9.17) is 9.94 Å². The molecule has 2 N–H and O–H groups in total. The lowest BCUT2D eigenvalue weighted by Crippen LogP contribution is -2.35. The van der Waals surface area contributed by atoms with Crippen LogP contribution in [0.15, 0.2) is 0 Å². The topological polar surface area (TPSA) is 92.7 Å². The van der Waals surface area contributed by atoms with E-state index in [1.165, 1.54) is 0 Å². The third-order valence-corrected chi connectivity index (χ3v) is 2.14. The summed E-state index contributed by atoms with van der Waals surface area (Å²) in [6.07, 6.45) is -0.442. The fourth-order valence-electron chi connectivity index (χ4n) is 0.452. The Labute approximate surface area is 83.3 Å². The molecule has 0 aliphatic carbocycles. The minimum absolute atomic E-state index is 0.442. The van der Waals surface area contributed by atoms with Gasteiger partial charge in [0.15, 0.2) is 0 Å². The average molecular weight is 225 g/mol. The van der Waals surface area contributed by atoms with Gasteiger partial charge in [0.25, 0.3) is 0 Å². The molecule has 0 aromatic rings. The van der Waals surface area contributed by atoms with Crippen molar-refractivity contribution in [3.8, 4) is 0 Å². The summed E-state index contributed by atoms with van der Waals surface area (Å²) in [6.45, 7) is 5.02. The third kappa shape index (κ3) is 7.96. The van der Waals surface area contributed by atoms with E-state index in [0.29, 0.717) is 0 Å². The standard InChI is InChI=1S/C7H15NO5S/c1-7(2,3)13-8-14(11,12)5-4-6(9)10/h8H,4-5H2,1-3H3,(H,9,10). The van der Waals surface area contributed by atoms with Crippen LogP contribution in [-0.2, 0) is 19.7 Å². The highest BCUT2D eigenvalue weighted by Gasteiger charge is 2.17. The molecule has 0 fully saturated rings. The molecular formula is C7H15NO5S. The Morgan fingerprint density at radius 1 is 1.43 bits per heavy atom. The second-order valence-electron chi connectivity index (χ2n) is 3.76. The predicted molar refractivity (Wildman–Crippen MR) is 50.0 cm³/mol. The maximum atomic E-state index is 11.1. The zero-order valence-corrected chi connectivity index (χ0v) is 9.22. The van der Waals surface area contributed by atoms with Crippen molar-refractivity contribution in [3.05, 3.63) is 0 Å². The second kappa shape index (κ2) is 4.72. The SMILES string of the molecule is CC(C)(C)ONS(=O)(=O)CCC(=O)O. The van der Waals surface area contributed by atoms with Crippen molar-refractivity contribution in [3.63, 3.8) is 0 Å². The molecule has 0 bridgehead atoms. The van der Waals surface area contributed by atoms with Crippen LogP contribution in [0.25, 0.3) is 0 Å². The molecule has 6 nitrogen and oxygen atoms in total. The first kappa shape index (κ1) is 13.3. The normalized spacial score (nSPS) is 12.8. The van der Waals surface area contributed by atoms with E-state index in [0.717, 1.165) is 0 Å². The molecule has 0 spiro atoms. The monoisotopic (exact) mass is 225 g/mol. The van der Waals surface area contributed by atoms with Crippen molar-refractivity contribution in [1.29, 1.82) is 0 Å².